The minimum Gasteiger partial charge on any atom is -0.462 e. The first-order valence-electron chi connectivity index (χ1n) is 10.1. The van der Waals surface area contributed by atoms with Crippen LogP contribution in [0.3, 0.4) is 0 Å². The van der Waals surface area contributed by atoms with Gasteiger partial charge in [-0.15, -0.1) is 0 Å². The van der Waals surface area contributed by atoms with Crippen molar-refractivity contribution >= 4 is 54.3 Å². The molecule has 1 aliphatic rings. The zero-order valence-corrected chi connectivity index (χ0v) is 21.4. The topological polar surface area (TPSA) is 115 Å². The van der Waals surface area contributed by atoms with E-state index in [1.807, 2.05) is 13.8 Å². The summed E-state index contributed by atoms with van der Waals surface area (Å²) < 4.78 is 32.2. The van der Waals surface area contributed by atoms with Gasteiger partial charge in [0.25, 0.3) is 8.18 Å². The lowest BCUT2D eigenvalue weighted by atomic mass is 9.60. The summed E-state index contributed by atoms with van der Waals surface area (Å²) in [7, 11) is 0.518. The lowest BCUT2D eigenvalue weighted by molar-refractivity contribution is -0.149. The normalized spacial score (nSPS) is 26.0. The van der Waals surface area contributed by atoms with Gasteiger partial charge >= 0.3 is 5.97 Å². The molecule has 1 saturated heterocycles. The molecule has 1 aromatic rings. The number of ether oxygens (including phenoxy) is 2. The van der Waals surface area contributed by atoms with E-state index < -0.39 is 44.0 Å². The van der Waals surface area contributed by atoms with E-state index in [1.165, 1.54) is 0 Å². The quantitative estimate of drug-likeness (QED) is 0.211. The van der Waals surface area contributed by atoms with E-state index >= 15 is 0 Å². The first kappa shape index (κ1) is 26.4. The summed E-state index contributed by atoms with van der Waals surface area (Å²) in [5.41, 5.74) is 0.823. The molecule has 3 unspecified atom stereocenters. The van der Waals surface area contributed by atoms with Crippen molar-refractivity contribution in [2.45, 2.75) is 70.6 Å². The summed E-state index contributed by atoms with van der Waals surface area (Å²) in [5.74, 6) is -0.842. The Bertz CT molecular complexity index is 957. The van der Waals surface area contributed by atoms with Crippen LogP contribution in [0.4, 0.5) is 0 Å². The third kappa shape index (κ3) is 6.37. The van der Waals surface area contributed by atoms with Crippen molar-refractivity contribution in [1.29, 1.82) is 0 Å². The number of aliphatic hydroxyl groups excluding tert-OH is 1. The number of carbonyl (C=O) groups is 1. The molecule has 0 aromatic carbocycles. The third-order valence-electron chi connectivity index (χ3n) is 5.09. The second kappa shape index (κ2) is 10.4. The van der Waals surface area contributed by atoms with Gasteiger partial charge in [0.15, 0.2) is 4.77 Å². The molecule has 31 heavy (non-hydrogen) atoms. The van der Waals surface area contributed by atoms with E-state index in [2.05, 4.69) is 10.1 Å². The van der Waals surface area contributed by atoms with Gasteiger partial charge in [-0.05, 0) is 39.9 Å². The monoisotopic (exact) mass is 489 g/mol. The molecule has 1 fully saturated rings. The van der Waals surface area contributed by atoms with Crippen LogP contribution in [0, 0.1) is 22.3 Å². The van der Waals surface area contributed by atoms with Gasteiger partial charge in [-0.2, -0.15) is 0 Å². The highest BCUT2D eigenvalue weighted by Gasteiger charge is 2.49. The number of hydrogen-bond acceptors (Lipinski definition) is 8. The molecule has 0 aliphatic carbocycles. The highest BCUT2D eigenvalue weighted by molar-refractivity contribution is 7.72. The fourth-order valence-corrected chi connectivity index (χ4v) is 4.96. The molecule has 0 spiro atoms. The van der Waals surface area contributed by atoms with E-state index in [0.717, 1.165) is 5.56 Å². The van der Waals surface area contributed by atoms with Crippen LogP contribution in [-0.4, -0.2) is 66.1 Å². The Hall–Kier alpha value is -0.810. The summed E-state index contributed by atoms with van der Waals surface area (Å²) >= 11 is 10.6. The molecule has 9 nitrogen and oxygen atoms in total. The number of aromatic amines is 1. The molecule has 3 N–H and O–H groups in total. The van der Waals surface area contributed by atoms with Gasteiger partial charge in [-0.25, -0.2) is 5.09 Å². The molecule has 1 aliphatic heterocycles. The number of nitrogens with one attached hydrogen (secondary N) is 2. The van der Waals surface area contributed by atoms with E-state index in [4.69, 9.17) is 38.4 Å². The Balaban J connectivity index is 2.13. The van der Waals surface area contributed by atoms with Crippen LogP contribution in [0.25, 0.3) is 0 Å². The number of carbonyl (C=O) groups excluding carboxylic acids is 1. The maximum atomic E-state index is 12.6. The number of hydrogen-bond donors (Lipinski definition) is 3. The van der Waals surface area contributed by atoms with Gasteiger partial charge in [-0.3, -0.25) is 13.9 Å². The number of H-pyrrole nitrogens is 1. The molecule has 2 heterocycles. The van der Waals surface area contributed by atoms with Crippen LogP contribution in [0.1, 0.15) is 39.5 Å². The maximum Gasteiger partial charge on any atom is 0.323 e. The first-order valence-corrected chi connectivity index (χ1v) is 12.2. The van der Waals surface area contributed by atoms with E-state index in [9.17, 15) is 14.5 Å². The standard InChI is InChI=1S/C17H30B2N3O6PS2/c1-7(2)26-15(24)10(5)21-29(25)28-17(18,19)12-11(23)9(4)14(27-12)22-6-8(3)13(30)20-16(22)31/h6-7,9-12,14,23,29H,18-19H2,1-5H3,(H,21,25)(H,20,30,31)/t9?,10-,11-,12?,14-/m0/s1. The van der Waals surface area contributed by atoms with Crippen LogP contribution < -0.4 is 5.09 Å². The number of rotatable bonds is 8. The first-order chi connectivity index (χ1) is 14.2. The summed E-state index contributed by atoms with van der Waals surface area (Å²) in [4.78, 5) is 14.9. The average molecular weight is 489 g/mol. The Morgan fingerprint density at radius 2 is 2.03 bits per heavy atom. The van der Waals surface area contributed by atoms with Gasteiger partial charge in [0.2, 0.25) is 0 Å². The number of nitrogens with zero attached hydrogens (tertiary/aromatic N) is 1. The zero-order chi connectivity index (χ0) is 23.7. The third-order valence-corrected chi connectivity index (χ3v) is 7.20. The SMILES string of the molecule is BC(B)(O[PH](=O)N[C@@H](C)C(=O)OC(C)C)C1O[C@H](n2cc(C)c(=S)[nH]c2=S)C(C)[C@@H]1O. The maximum absolute atomic E-state index is 12.6. The Morgan fingerprint density at radius 1 is 1.42 bits per heavy atom. The van der Waals surface area contributed by atoms with Crippen LogP contribution in [-0.2, 0) is 23.4 Å². The largest absolute Gasteiger partial charge is 0.462 e. The van der Waals surface area contributed by atoms with Gasteiger partial charge < -0.3 is 24.1 Å². The summed E-state index contributed by atoms with van der Waals surface area (Å²) in [6.45, 7) is 8.71. The van der Waals surface area contributed by atoms with Crippen LogP contribution in [0.5, 0.6) is 0 Å². The van der Waals surface area contributed by atoms with E-state index in [-0.39, 0.29) is 12.0 Å². The predicted molar refractivity (Wildman–Crippen MR) is 128 cm³/mol. The zero-order valence-electron chi connectivity index (χ0n) is 18.8. The number of aromatic nitrogens is 2. The number of aliphatic hydroxyl groups is 1. The van der Waals surface area contributed by atoms with Crippen LogP contribution >= 0.6 is 32.6 Å². The Kier molecular flexibility index (Phi) is 8.89. The number of esters is 1. The van der Waals surface area contributed by atoms with Crippen molar-refractivity contribution in [1.82, 2.24) is 14.6 Å². The molecule has 0 bridgehead atoms. The van der Waals surface area contributed by atoms with Gasteiger partial charge in [0.1, 0.15) is 38.7 Å². The van der Waals surface area contributed by atoms with Crippen molar-refractivity contribution in [3.8, 4) is 0 Å². The fourth-order valence-electron chi connectivity index (χ4n) is 3.36. The smallest absolute Gasteiger partial charge is 0.323 e. The van der Waals surface area contributed by atoms with E-state index in [0.29, 0.717) is 9.41 Å². The molecular weight excluding hydrogens is 459 g/mol. The molecule has 0 saturated carbocycles. The van der Waals surface area contributed by atoms with Crippen molar-refractivity contribution in [3.05, 3.63) is 21.2 Å². The summed E-state index contributed by atoms with van der Waals surface area (Å²) in [6.07, 6.45) is -0.733. The Labute approximate surface area is 195 Å². The highest BCUT2D eigenvalue weighted by atomic mass is 32.1. The van der Waals surface area contributed by atoms with Crippen molar-refractivity contribution < 1.29 is 28.5 Å². The molecule has 1 aromatic heterocycles. The molecule has 0 amide bonds. The minimum atomic E-state index is -2.84. The van der Waals surface area contributed by atoms with Crippen molar-refractivity contribution in [3.63, 3.8) is 0 Å². The van der Waals surface area contributed by atoms with Crippen LogP contribution in [0.15, 0.2) is 6.20 Å². The molecule has 6 atom stereocenters. The fraction of sp³-hybridized carbons (Fsp3) is 0.706. The lowest BCUT2D eigenvalue weighted by Gasteiger charge is -2.33. The molecular formula is C17H30B2N3O6PS2. The average Bonchev–Trinajstić information content (AvgIpc) is 2.93. The van der Waals surface area contributed by atoms with Gasteiger partial charge in [-0.1, -0.05) is 19.1 Å². The molecule has 0 radical (unpaired) electrons. The number of aryl methyl sites for hydroxylation is 1. The summed E-state index contributed by atoms with van der Waals surface area (Å²) in [5, 5.41) is 12.4. The van der Waals surface area contributed by atoms with Crippen molar-refractivity contribution in [2.75, 3.05) is 0 Å². The highest BCUT2D eigenvalue weighted by Crippen LogP contribution is 2.40. The van der Waals surface area contributed by atoms with E-state index in [1.54, 1.807) is 47.2 Å². The second-order valence-electron chi connectivity index (χ2n) is 8.62. The summed E-state index contributed by atoms with van der Waals surface area (Å²) in [6, 6.07) is -0.806. The Morgan fingerprint density at radius 3 is 2.61 bits per heavy atom. The van der Waals surface area contributed by atoms with Gasteiger partial charge in [0, 0.05) is 23.1 Å². The van der Waals surface area contributed by atoms with Gasteiger partial charge in [0.05, 0.1) is 12.2 Å². The molecule has 2 rings (SSSR count). The lowest BCUT2D eigenvalue weighted by Crippen LogP contribution is -2.51. The second-order valence-corrected chi connectivity index (χ2v) is 10.5. The molecule has 14 heteroatoms. The molecule has 172 valence electrons. The minimum absolute atomic E-state index is 0.278. The predicted octanol–water partition coefficient (Wildman–Crippen LogP) is 0.734. The van der Waals surface area contributed by atoms with Crippen LogP contribution in [0.2, 0.25) is 0 Å². The van der Waals surface area contributed by atoms with Crippen molar-refractivity contribution in [2.24, 2.45) is 5.92 Å².